The number of likely N-dealkylation sites (N-methyl/N-ethyl adjacent to an activating group) is 1. The van der Waals surface area contributed by atoms with Crippen molar-refractivity contribution in [1.82, 2.24) is 14.5 Å². The highest BCUT2D eigenvalue weighted by Gasteiger charge is 2.30. The Morgan fingerprint density at radius 2 is 1.58 bits per heavy atom. The Hall–Kier alpha value is -1.64. The number of carbonyl (C=O) groups excluding carboxylic acids is 1. The number of nitrogens with one attached hydrogen (secondary N) is 1. The van der Waals surface area contributed by atoms with Gasteiger partial charge in [0.05, 0.1) is 4.90 Å². The van der Waals surface area contributed by atoms with E-state index in [1.807, 2.05) is 55.4 Å². The summed E-state index contributed by atoms with van der Waals surface area (Å²) in [6.45, 7) is 18.6. The fourth-order valence-electron chi connectivity index (χ4n) is 3.11. The molecule has 2 atom stereocenters. The second kappa shape index (κ2) is 14.6. The normalized spacial score (nSPS) is 13.8. The monoisotopic (exact) mass is 485 g/mol. The van der Waals surface area contributed by atoms with Crippen molar-refractivity contribution >= 4 is 16.1 Å². The Kier molecular flexibility index (Phi) is 13.9. The van der Waals surface area contributed by atoms with Crippen LogP contribution in [0.1, 0.15) is 68.7 Å². The standard InChI is InChI=1S/C23H41N3O4S.C2H6/c1-9-19(4)15-26(31(28,29)21-13-11-10-12-14-21)17-20(24-18(2)3)16-25(8)22(27)30-23(5,6)7;1-2/h10-14,18-20,24H,9,15-17H2,1-8H3;1-2H3/t19?,20-;/m0./s1. The Morgan fingerprint density at radius 3 is 2.03 bits per heavy atom. The van der Waals surface area contributed by atoms with Crippen molar-refractivity contribution in [3.05, 3.63) is 30.3 Å². The fraction of sp³-hybridized carbons (Fsp3) is 0.720. The summed E-state index contributed by atoms with van der Waals surface area (Å²) in [6.07, 6.45) is 0.448. The summed E-state index contributed by atoms with van der Waals surface area (Å²) in [4.78, 5) is 14.2. The minimum absolute atomic E-state index is 0.127. The lowest BCUT2D eigenvalue weighted by Crippen LogP contribution is -2.52. The highest BCUT2D eigenvalue weighted by molar-refractivity contribution is 7.89. The third kappa shape index (κ3) is 11.9. The minimum atomic E-state index is -3.66. The minimum Gasteiger partial charge on any atom is -0.444 e. The van der Waals surface area contributed by atoms with Gasteiger partial charge in [-0.15, -0.1) is 0 Å². The molecule has 0 aliphatic rings. The first kappa shape index (κ1) is 31.4. The van der Waals surface area contributed by atoms with Crippen molar-refractivity contribution in [3.63, 3.8) is 0 Å². The van der Waals surface area contributed by atoms with E-state index in [1.165, 1.54) is 4.90 Å². The van der Waals surface area contributed by atoms with Crippen molar-refractivity contribution in [3.8, 4) is 0 Å². The second-order valence-electron chi connectivity index (χ2n) is 9.53. The number of sulfonamides is 1. The molecular weight excluding hydrogens is 438 g/mol. The van der Waals surface area contributed by atoms with Crippen LogP contribution < -0.4 is 5.32 Å². The number of hydrogen-bond acceptors (Lipinski definition) is 5. The van der Waals surface area contributed by atoms with Gasteiger partial charge in [-0.25, -0.2) is 13.2 Å². The number of carbonyl (C=O) groups is 1. The lowest BCUT2D eigenvalue weighted by molar-refractivity contribution is 0.0277. The predicted octanol–water partition coefficient (Wildman–Crippen LogP) is 4.98. The molecule has 0 saturated carbocycles. The summed E-state index contributed by atoms with van der Waals surface area (Å²) in [5, 5.41) is 3.42. The van der Waals surface area contributed by atoms with Gasteiger partial charge in [0.1, 0.15) is 5.60 Å². The largest absolute Gasteiger partial charge is 0.444 e. The van der Waals surface area contributed by atoms with Gasteiger partial charge in [0, 0.05) is 38.8 Å². The Morgan fingerprint density at radius 1 is 1.03 bits per heavy atom. The van der Waals surface area contributed by atoms with E-state index in [1.54, 1.807) is 41.7 Å². The zero-order valence-electron chi connectivity index (χ0n) is 22.4. The topological polar surface area (TPSA) is 79.0 Å². The van der Waals surface area contributed by atoms with Gasteiger partial charge >= 0.3 is 6.09 Å². The van der Waals surface area contributed by atoms with Crippen molar-refractivity contribution in [2.75, 3.05) is 26.7 Å². The van der Waals surface area contributed by atoms with E-state index in [0.29, 0.717) is 13.1 Å². The lowest BCUT2D eigenvalue weighted by Gasteiger charge is -2.33. The molecule has 0 fully saturated rings. The smallest absolute Gasteiger partial charge is 0.410 e. The highest BCUT2D eigenvalue weighted by Crippen LogP contribution is 2.19. The summed E-state index contributed by atoms with van der Waals surface area (Å²) in [5.74, 6) is 0.210. The number of nitrogens with zero attached hydrogens (tertiary/aromatic N) is 2. The average molecular weight is 486 g/mol. The summed E-state index contributed by atoms with van der Waals surface area (Å²) < 4.78 is 33.8. The van der Waals surface area contributed by atoms with Crippen molar-refractivity contribution < 1.29 is 17.9 Å². The molecule has 0 aliphatic heterocycles. The van der Waals surface area contributed by atoms with E-state index < -0.39 is 21.7 Å². The van der Waals surface area contributed by atoms with Gasteiger partial charge in [-0.1, -0.05) is 66.2 Å². The first-order valence-electron chi connectivity index (χ1n) is 12.0. The van der Waals surface area contributed by atoms with Gasteiger partial charge in [0.25, 0.3) is 0 Å². The maximum absolute atomic E-state index is 13.4. The zero-order chi connectivity index (χ0) is 25.8. The van der Waals surface area contributed by atoms with E-state index in [4.69, 9.17) is 4.74 Å². The Labute approximate surface area is 202 Å². The number of ether oxygens (including phenoxy) is 1. The molecule has 0 saturated heterocycles. The van der Waals surface area contributed by atoms with E-state index in [2.05, 4.69) is 12.2 Å². The zero-order valence-corrected chi connectivity index (χ0v) is 23.2. The van der Waals surface area contributed by atoms with E-state index in [0.717, 1.165) is 6.42 Å². The first-order valence-corrected chi connectivity index (χ1v) is 13.5. The fourth-order valence-corrected chi connectivity index (χ4v) is 4.74. The van der Waals surface area contributed by atoms with Crippen molar-refractivity contribution in [2.45, 2.75) is 91.3 Å². The average Bonchev–Trinajstić information content (AvgIpc) is 2.73. The van der Waals surface area contributed by atoms with Gasteiger partial charge in [-0.3, -0.25) is 0 Å². The van der Waals surface area contributed by atoms with Crippen LogP contribution in [0.5, 0.6) is 0 Å². The molecule has 0 radical (unpaired) electrons. The van der Waals surface area contributed by atoms with Gasteiger partial charge in [0.15, 0.2) is 0 Å². The van der Waals surface area contributed by atoms with Crippen LogP contribution in [-0.2, 0) is 14.8 Å². The van der Waals surface area contributed by atoms with Crippen molar-refractivity contribution in [1.29, 1.82) is 0 Å². The van der Waals surface area contributed by atoms with Crippen LogP contribution in [0.2, 0.25) is 0 Å². The highest BCUT2D eigenvalue weighted by atomic mass is 32.2. The molecule has 1 amide bonds. The first-order chi connectivity index (χ1) is 15.3. The van der Waals surface area contributed by atoms with Gasteiger partial charge in [-0.2, -0.15) is 4.31 Å². The number of rotatable bonds is 11. The number of amides is 1. The molecule has 1 N–H and O–H groups in total. The molecule has 0 aliphatic carbocycles. The van der Waals surface area contributed by atoms with Gasteiger partial charge in [0.2, 0.25) is 10.0 Å². The molecule has 33 heavy (non-hydrogen) atoms. The van der Waals surface area contributed by atoms with E-state index >= 15 is 0 Å². The van der Waals surface area contributed by atoms with Crippen molar-refractivity contribution in [2.24, 2.45) is 5.92 Å². The third-order valence-corrected chi connectivity index (χ3v) is 6.63. The maximum Gasteiger partial charge on any atom is 0.410 e. The van der Waals surface area contributed by atoms with Crippen LogP contribution in [0.25, 0.3) is 0 Å². The van der Waals surface area contributed by atoms with Crippen LogP contribution in [0.4, 0.5) is 4.79 Å². The third-order valence-electron chi connectivity index (χ3n) is 4.79. The summed E-state index contributed by atoms with van der Waals surface area (Å²) in [6, 6.07) is 8.38. The van der Waals surface area contributed by atoms with Crippen LogP contribution in [0.15, 0.2) is 35.2 Å². The van der Waals surface area contributed by atoms with Crippen LogP contribution in [-0.4, -0.2) is 68.1 Å². The Balaban J connectivity index is 0.00000497. The predicted molar refractivity (Wildman–Crippen MR) is 137 cm³/mol. The molecule has 1 rings (SSSR count). The maximum atomic E-state index is 13.4. The summed E-state index contributed by atoms with van der Waals surface area (Å²) in [5.41, 5.74) is -0.592. The molecule has 0 spiro atoms. The molecule has 1 aromatic carbocycles. The molecule has 1 aromatic rings. The molecule has 0 aromatic heterocycles. The van der Waals surface area contributed by atoms with Crippen LogP contribution >= 0.6 is 0 Å². The Bertz CT molecular complexity index is 777. The summed E-state index contributed by atoms with van der Waals surface area (Å²) in [7, 11) is -1.99. The van der Waals surface area contributed by atoms with Crippen LogP contribution in [0.3, 0.4) is 0 Å². The molecule has 0 heterocycles. The van der Waals surface area contributed by atoms with E-state index in [-0.39, 0.29) is 29.4 Å². The number of hydrogen-bond donors (Lipinski definition) is 1. The number of benzene rings is 1. The molecule has 7 nitrogen and oxygen atoms in total. The van der Waals surface area contributed by atoms with Crippen LogP contribution in [0, 0.1) is 5.92 Å². The second-order valence-corrected chi connectivity index (χ2v) is 11.5. The lowest BCUT2D eigenvalue weighted by atomic mass is 10.1. The molecule has 8 heteroatoms. The van der Waals surface area contributed by atoms with Gasteiger partial charge < -0.3 is 15.0 Å². The molecule has 0 bridgehead atoms. The van der Waals surface area contributed by atoms with E-state index in [9.17, 15) is 13.2 Å². The molecule has 192 valence electrons. The molecule has 1 unspecified atom stereocenters. The quantitative estimate of drug-likeness (QED) is 0.478. The summed E-state index contributed by atoms with van der Waals surface area (Å²) >= 11 is 0. The SMILES string of the molecule is CC.CCC(C)CN(C[C@H](CN(C)C(=O)OC(C)(C)C)NC(C)C)S(=O)(=O)c1ccccc1. The van der Waals surface area contributed by atoms with Gasteiger partial charge in [-0.05, 0) is 38.8 Å². The molecular formula is C25H47N3O4S.